The van der Waals surface area contributed by atoms with Crippen LogP contribution in [0.15, 0.2) is 48.5 Å². The van der Waals surface area contributed by atoms with E-state index in [1.54, 1.807) is 18.2 Å². The van der Waals surface area contributed by atoms with E-state index in [9.17, 15) is 17.6 Å². The average Bonchev–Trinajstić information content (AvgIpc) is 2.43. The monoisotopic (exact) mass is 297 g/mol. The van der Waals surface area contributed by atoms with Gasteiger partial charge in [0, 0.05) is 6.54 Å². The Labute approximate surface area is 120 Å². The van der Waals surface area contributed by atoms with Gasteiger partial charge in [0.05, 0.1) is 5.56 Å². The van der Waals surface area contributed by atoms with E-state index in [4.69, 9.17) is 0 Å². The molecule has 0 amide bonds. The van der Waals surface area contributed by atoms with Crippen LogP contribution in [0.2, 0.25) is 0 Å². The van der Waals surface area contributed by atoms with E-state index in [1.165, 1.54) is 24.3 Å². The third kappa shape index (κ3) is 4.56. The van der Waals surface area contributed by atoms with Crippen molar-refractivity contribution in [3.63, 3.8) is 0 Å². The summed E-state index contributed by atoms with van der Waals surface area (Å²) in [5, 5.41) is 2.96. The topological polar surface area (TPSA) is 12.0 Å². The van der Waals surface area contributed by atoms with Crippen LogP contribution in [-0.2, 0) is 19.1 Å². The highest BCUT2D eigenvalue weighted by Crippen LogP contribution is 2.31. The van der Waals surface area contributed by atoms with Crippen LogP contribution in [-0.4, -0.2) is 6.54 Å². The highest BCUT2D eigenvalue weighted by molar-refractivity contribution is 5.29. The van der Waals surface area contributed by atoms with Crippen LogP contribution in [0.25, 0.3) is 0 Å². The predicted octanol–water partition coefficient (Wildman–Crippen LogP) is 4.18. The Morgan fingerprint density at radius 3 is 2.43 bits per heavy atom. The first-order valence-electron chi connectivity index (χ1n) is 6.57. The van der Waals surface area contributed by atoms with Crippen molar-refractivity contribution in [3.8, 4) is 0 Å². The largest absolute Gasteiger partial charge is 0.416 e. The number of nitrogens with one attached hydrogen (secondary N) is 1. The molecule has 0 atom stereocenters. The normalized spacial score (nSPS) is 11.6. The van der Waals surface area contributed by atoms with Gasteiger partial charge in [0.15, 0.2) is 0 Å². The van der Waals surface area contributed by atoms with Crippen LogP contribution in [0.3, 0.4) is 0 Å². The summed E-state index contributed by atoms with van der Waals surface area (Å²) < 4.78 is 51.4. The van der Waals surface area contributed by atoms with Crippen molar-refractivity contribution in [2.45, 2.75) is 19.1 Å². The van der Waals surface area contributed by atoms with E-state index < -0.39 is 11.7 Å². The molecule has 0 heterocycles. The predicted molar refractivity (Wildman–Crippen MR) is 73.3 cm³/mol. The molecule has 2 aromatic carbocycles. The first-order valence-corrected chi connectivity index (χ1v) is 6.57. The first kappa shape index (κ1) is 15.5. The molecule has 1 nitrogen and oxygen atoms in total. The fraction of sp³-hybridized carbons (Fsp3) is 0.250. The van der Waals surface area contributed by atoms with Gasteiger partial charge >= 0.3 is 6.18 Å². The molecule has 5 heteroatoms. The molecule has 0 aliphatic heterocycles. The molecule has 0 aliphatic rings. The Hall–Kier alpha value is -1.88. The van der Waals surface area contributed by atoms with Crippen molar-refractivity contribution >= 4 is 0 Å². The quantitative estimate of drug-likeness (QED) is 0.645. The lowest BCUT2D eigenvalue weighted by molar-refractivity contribution is -0.138. The molecule has 0 fully saturated rings. The third-order valence-corrected chi connectivity index (χ3v) is 3.12. The van der Waals surface area contributed by atoms with Gasteiger partial charge in [-0.3, -0.25) is 0 Å². The summed E-state index contributed by atoms with van der Waals surface area (Å²) in [5.74, 6) is -0.310. The van der Waals surface area contributed by atoms with Gasteiger partial charge in [-0.15, -0.1) is 0 Å². The van der Waals surface area contributed by atoms with Crippen LogP contribution in [0.4, 0.5) is 17.6 Å². The van der Waals surface area contributed by atoms with Gasteiger partial charge < -0.3 is 5.32 Å². The van der Waals surface area contributed by atoms with Gasteiger partial charge in [0.1, 0.15) is 5.82 Å². The molecular formula is C16H15F4N. The molecular weight excluding hydrogens is 282 g/mol. The van der Waals surface area contributed by atoms with Crippen molar-refractivity contribution in [3.05, 3.63) is 71.0 Å². The van der Waals surface area contributed by atoms with E-state index in [2.05, 4.69) is 5.32 Å². The summed E-state index contributed by atoms with van der Waals surface area (Å²) in [7, 11) is 0. The minimum Gasteiger partial charge on any atom is -0.312 e. The lowest BCUT2D eigenvalue weighted by Gasteiger charge is -2.13. The maximum absolute atomic E-state index is 13.0. The van der Waals surface area contributed by atoms with E-state index in [1.807, 2.05) is 0 Å². The zero-order valence-electron chi connectivity index (χ0n) is 11.3. The summed E-state index contributed by atoms with van der Waals surface area (Å²) in [6.45, 7) is 0.612. The second-order valence-corrected chi connectivity index (χ2v) is 4.71. The molecule has 0 unspecified atom stereocenters. The molecule has 2 rings (SSSR count). The van der Waals surface area contributed by atoms with Crippen molar-refractivity contribution in [2.24, 2.45) is 0 Å². The van der Waals surface area contributed by atoms with Gasteiger partial charge in [-0.25, -0.2) is 4.39 Å². The molecule has 0 radical (unpaired) electrons. The van der Waals surface area contributed by atoms with Crippen LogP contribution in [0.5, 0.6) is 0 Å². The lowest BCUT2D eigenvalue weighted by Crippen LogP contribution is -2.19. The fourth-order valence-electron chi connectivity index (χ4n) is 2.10. The highest BCUT2D eigenvalue weighted by Gasteiger charge is 2.32. The summed E-state index contributed by atoms with van der Waals surface area (Å²) in [6, 6.07) is 11.7. The Morgan fingerprint density at radius 1 is 0.952 bits per heavy atom. The van der Waals surface area contributed by atoms with E-state index in [0.29, 0.717) is 13.0 Å². The molecule has 0 saturated heterocycles. The summed E-state index contributed by atoms with van der Waals surface area (Å²) >= 11 is 0. The SMILES string of the molecule is Fc1cccc(CCNCc2ccccc2C(F)(F)F)c1. The number of alkyl halides is 3. The molecule has 0 spiro atoms. The second kappa shape index (κ2) is 6.72. The minimum atomic E-state index is -4.35. The molecule has 21 heavy (non-hydrogen) atoms. The molecule has 0 bridgehead atoms. The number of hydrogen-bond donors (Lipinski definition) is 1. The van der Waals surface area contributed by atoms with Gasteiger partial charge in [0.25, 0.3) is 0 Å². The Kier molecular flexibility index (Phi) is 4.96. The van der Waals surface area contributed by atoms with Gasteiger partial charge in [0.2, 0.25) is 0 Å². The zero-order chi connectivity index (χ0) is 15.3. The number of benzene rings is 2. The van der Waals surface area contributed by atoms with Crippen molar-refractivity contribution in [1.82, 2.24) is 5.32 Å². The van der Waals surface area contributed by atoms with Crippen molar-refractivity contribution < 1.29 is 17.6 Å². The van der Waals surface area contributed by atoms with Crippen molar-refractivity contribution in [2.75, 3.05) is 6.54 Å². The molecule has 0 saturated carbocycles. The van der Waals surface area contributed by atoms with Crippen LogP contribution in [0.1, 0.15) is 16.7 Å². The molecule has 2 aromatic rings. The van der Waals surface area contributed by atoms with Gasteiger partial charge in [-0.1, -0.05) is 30.3 Å². The van der Waals surface area contributed by atoms with E-state index in [0.717, 1.165) is 11.6 Å². The summed E-state index contributed by atoms with van der Waals surface area (Å²) in [6.07, 6.45) is -3.78. The zero-order valence-corrected chi connectivity index (χ0v) is 11.3. The number of halogens is 4. The molecule has 1 N–H and O–H groups in total. The van der Waals surface area contributed by atoms with Gasteiger partial charge in [-0.05, 0) is 42.3 Å². The molecule has 0 aliphatic carbocycles. The van der Waals surface area contributed by atoms with Crippen LogP contribution < -0.4 is 5.32 Å². The summed E-state index contributed by atoms with van der Waals surface area (Å²) in [4.78, 5) is 0. The standard InChI is InChI=1S/C16H15F4N/c17-14-6-3-4-12(10-14)8-9-21-11-13-5-1-2-7-15(13)16(18,19)20/h1-7,10,21H,8-9,11H2. The highest BCUT2D eigenvalue weighted by atomic mass is 19.4. The molecule has 0 aromatic heterocycles. The smallest absolute Gasteiger partial charge is 0.312 e. The van der Waals surface area contributed by atoms with Crippen LogP contribution >= 0.6 is 0 Å². The summed E-state index contributed by atoms with van der Waals surface area (Å²) in [5.41, 5.74) is 0.402. The van der Waals surface area contributed by atoms with E-state index >= 15 is 0 Å². The Balaban J connectivity index is 1.90. The maximum Gasteiger partial charge on any atom is 0.416 e. The fourth-order valence-corrected chi connectivity index (χ4v) is 2.10. The van der Waals surface area contributed by atoms with E-state index in [-0.39, 0.29) is 17.9 Å². The molecule has 112 valence electrons. The Bertz CT molecular complexity index is 593. The maximum atomic E-state index is 13.0. The van der Waals surface area contributed by atoms with Gasteiger partial charge in [-0.2, -0.15) is 13.2 Å². The third-order valence-electron chi connectivity index (χ3n) is 3.12. The van der Waals surface area contributed by atoms with Crippen LogP contribution in [0, 0.1) is 5.82 Å². The number of hydrogen-bond acceptors (Lipinski definition) is 1. The first-order chi connectivity index (χ1) is 9.97. The second-order valence-electron chi connectivity index (χ2n) is 4.71. The minimum absolute atomic E-state index is 0.130. The number of rotatable bonds is 5. The van der Waals surface area contributed by atoms with Crippen molar-refractivity contribution in [1.29, 1.82) is 0 Å². The Morgan fingerprint density at radius 2 is 1.71 bits per heavy atom. The average molecular weight is 297 g/mol. The lowest BCUT2D eigenvalue weighted by atomic mass is 10.1.